The van der Waals surface area contributed by atoms with E-state index in [2.05, 4.69) is 18.7 Å². The maximum absolute atomic E-state index is 9.34. The van der Waals surface area contributed by atoms with Gasteiger partial charge in [-0.3, -0.25) is 0 Å². The second-order valence-corrected chi connectivity index (χ2v) is 3.35. The number of hydrogen-bond acceptors (Lipinski definition) is 2. The van der Waals surface area contributed by atoms with Gasteiger partial charge >= 0.3 is 0 Å². The van der Waals surface area contributed by atoms with Crippen molar-refractivity contribution in [2.45, 2.75) is 26.4 Å². The predicted molar refractivity (Wildman–Crippen MR) is 41.9 cm³/mol. The van der Waals surface area contributed by atoms with Gasteiger partial charge in [0.05, 0.1) is 6.10 Å². The Morgan fingerprint density at radius 3 is 2.70 bits per heavy atom. The Kier molecular flexibility index (Phi) is 2.69. The molecule has 0 aromatic heterocycles. The molecule has 1 N–H and O–H groups in total. The Morgan fingerprint density at radius 2 is 2.20 bits per heavy atom. The van der Waals surface area contributed by atoms with E-state index in [0.717, 1.165) is 26.1 Å². The average Bonchev–Trinajstić information content (AvgIpc) is 1.85. The van der Waals surface area contributed by atoms with E-state index in [-0.39, 0.29) is 6.10 Å². The van der Waals surface area contributed by atoms with Crippen molar-refractivity contribution in [3.63, 3.8) is 0 Å². The lowest BCUT2D eigenvalue weighted by Gasteiger charge is -2.33. The van der Waals surface area contributed by atoms with Gasteiger partial charge in [0.25, 0.3) is 0 Å². The Balaban J connectivity index is 2.35. The first-order chi connectivity index (χ1) is 4.72. The number of nitrogens with zero attached hydrogens (tertiary/aromatic N) is 1. The quantitative estimate of drug-likeness (QED) is 0.584. The molecule has 1 aliphatic heterocycles. The molecule has 0 aliphatic carbocycles. The fourth-order valence-electron chi connectivity index (χ4n) is 1.69. The zero-order chi connectivity index (χ0) is 7.56. The van der Waals surface area contributed by atoms with Crippen molar-refractivity contribution in [3.05, 3.63) is 0 Å². The van der Waals surface area contributed by atoms with Crippen molar-refractivity contribution < 1.29 is 5.11 Å². The Labute approximate surface area is 62.8 Å². The van der Waals surface area contributed by atoms with Gasteiger partial charge < -0.3 is 10.0 Å². The number of hydrogen-bond donors (Lipinski definition) is 1. The highest BCUT2D eigenvalue weighted by molar-refractivity contribution is 4.75. The van der Waals surface area contributed by atoms with Crippen LogP contribution in [0.2, 0.25) is 0 Å². The topological polar surface area (TPSA) is 23.5 Å². The summed E-state index contributed by atoms with van der Waals surface area (Å²) in [6.07, 6.45) is 0.903. The average molecular weight is 143 g/mol. The number of β-amino-alcohol motifs (C(OH)–C–C–N with tert-alkyl or cyclic N) is 1. The number of likely N-dealkylation sites (N-methyl/N-ethyl adjacent to an activating group) is 1. The molecule has 10 heavy (non-hydrogen) atoms. The number of aliphatic hydroxyl groups is 1. The first-order valence-corrected chi connectivity index (χ1v) is 4.12. The molecule has 1 aliphatic rings. The summed E-state index contributed by atoms with van der Waals surface area (Å²) in [4.78, 5) is 2.30. The molecule has 0 aromatic carbocycles. The normalized spacial score (nSPS) is 36.3. The molecule has 2 heteroatoms. The van der Waals surface area contributed by atoms with Crippen molar-refractivity contribution in [1.29, 1.82) is 0 Å². The van der Waals surface area contributed by atoms with Gasteiger partial charge in [-0.05, 0) is 18.9 Å². The van der Waals surface area contributed by atoms with E-state index >= 15 is 0 Å². The first kappa shape index (κ1) is 8.02. The zero-order valence-corrected chi connectivity index (χ0v) is 6.88. The van der Waals surface area contributed by atoms with E-state index in [1.165, 1.54) is 0 Å². The van der Waals surface area contributed by atoms with Gasteiger partial charge in [-0.15, -0.1) is 0 Å². The molecule has 0 spiro atoms. The molecular weight excluding hydrogens is 126 g/mol. The highest BCUT2D eigenvalue weighted by Crippen LogP contribution is 2.15. The molecule has 2 nitrogen and oxygen atoms in total. The summed E-state index contributed by atoms with van der Waals surface area (Å²) in [5, 5.41) is 9.34. The van der Waals surface area contributed by atoms with Crippen molar-refractivity contribution in [2.24, 2.45) is 5.92 Å². The van der Waals surface area contributed by atoms with Crippen LogP contribution in [0.25, 0.3) is 0 Å². The van der Waals surface area contributed by atoms with E-state index < -0.39 is 0 Å². The second kappa shape index (κ2) is 3.35. The van der Waals surface area contributed by atoms with Gasteiger partial charge in [-0.2, -0.15) is 0 Å². The molecule has 2 atom stereocenters. The molecule has 60 valence electrons. The minimum atomic E-state index is -0.0799. The SMILES string of the molecule is CCN1CC(C)CC(O)C1. The van der Waals surface area contributed by atoms with E-state index in [4.69, 9.17) is 0 Å². The van der Waals surface area contributed by atoms with Crippen LogP contribution in [0.3, 0.4) is 0 Å². The molecule has 1 heterocycles. The Bertz CT molecular complexity index is 95.4. The monoisotopic (exact) mass is 143 g/mol. The van der Waals surface area contributed by atoms with Crippen LogP contribution in [0.4, 0.5) is 0 Å². The van der Waals surface area contributed by atoms with E-state index in [0.29, 0.717) is 5.92 Å². The van der Waals surface area contributed by atoms with Crippen molar-refractivity contribution in [3.8, 4) is 0 Å². The third kappa shape index (κ3) is 1.96. The lowest BCUT2D eigenvalue weighted by molar-refractivity contribution is 0.0476. The fourth-order valence-corrected chi connectivity index (χ4v) is 1.69. The molecule has 0 aromatic rings. The highest BCUT2D eigenvalue weighted by atomic mass is 16.3. The summed E-state index contributed by atoms with van der Waals surface area (Å²) in [5.74, 6) is 0.670. The number of likely N-dealkylation sites (tertiary alicyclic amines) is 1. The van der Waals surface area contributed by atoms with Crippen LogP contribution in [-0.4, -0.2) is 35.7 Å². The molecular formula is C8H17NO. The molecule has 0 bridgehead atoms. The summed E-state index contributed by atoms with van der Waals surface area (Å²) < 4.78 is 0. The zero-order valence-electron chi connectivity index (χ0n) is 6.88. The van der Waals surface area contributed by atoms with Gasteiger partial charge in [0, 0.05) is 13.1 Å². The van der Waals surface area contributed by atoms with Gasteiger partial charge in [0.2, 0.25) is 0 Å². The highest BCUT2D eigenvalue weighted by Gasteiger charge is 2.21. The van der Waals surface area contributed by atoms with Crippen LogP contribution in [0.1, 0.15) is 20.3 Å². The van der Waals surface area contributed by atoms with Gasteiger partial charge in [0.1, 0.15) is 0 Å². The van der Waals surface area contributed by atoms with Crippen LogP contribution < -0.4 is 0 Å². The maximum atomic E-state index is 9.34. The Hall–Kier alpha value is -0.0800. The van der Waals surface area contributed by atoms with Crippen LogP contribution in [0, 0.1) is 5.92 Å². The van der Waals surface area contributed by atoms with E-state index in [1.807, 2.05) is 0 Å². The molecule has 1 saturated heterocycles. The molecule has 0 saturated carbocycles. The Morgan fingerprint density at radius 1 is 1.50 bits per heavy atom. The number of rotatable bonds is 1. The largest absolute Gasteiger partial charge is 0.392 e. The summed E-state index contributed by atoms with van der Waals surface area (Å²) in [6, 6.07) is 0. The summed E-state index contributed by atoms with van der Waals surface area (Å²) in [5.41, 5.74) is 0. The maximum Gasteiger partial charge on any atom is 0.0670 e. The van der Waals surface area contributed by atoms with E-state index in [1.54, 1.807) is 0 Å². The van der Waals surface area contributed by atoms with Crippen molar-refractivity contribution in [1.82, 2.24) is 4.90 Å². The standard InChI is InChI=1S/C8H17NO/c1-3-9-5-7(2)4-8(10)6-9/h7-8,10H,3-6H2,1-2H3. The van der Waals surface area contributed by atoms with Crippen LogP contribution in [0.15, 0.2) is 0 Å². The molecule has 2 unspecified atom stereocenters. The third-order valence-electron chi connectivity index (χ3n) is 2.16. The predicted octanol–water partition coefficient (Wildman–Crippen LogP) is 0.709. The van der Waals surface area contributed by atoms with Crippen molar-refractivity contribution in [2.75, 3.05) is 19.6 Å². The third-order valence-corrected chi connectivity index (χ3v) is 2.16. The van der Waals surface area contributed by atoms with Crippen LogP contribution in [-0.2, 0) is 0 Å². The van der Waals surface area contributed by atoms with Gasteiger partial charge in [0.15, 0.2) is 0 Å². The van der Waals surface area contributed by atoms with Gasteiger partial charge in [-0.25, -0.2) is 0 Å². The molecule has 1 fully saturated rings. The molecule has 0 radical (unpaired) electrons. The van der Waals surface area contributed by atoms with Crippen molar-refractivity contribution >= 4 is 0 Å². The minimum Gasteiger partial charge on any atom is -0.392 e. The van der Waals surface area contributed by atoms with Crippen LogP contribution >= 0.6 is 0 Å². The number of aliphatic hydroxyl groups excluding tert-OH is 1. The summed E-state index contributed by atoms with van der Waals surface area (Å²) in [6.45, 7) is 7.45. The van der Waals surface area contributed by atoms with Crippen LogP contribution in [0.5, 0.6) is 0 Å². The lowest BCUT2D eigenvalue weighted by Crippen LogP contribution is -2.41. The molecule has 1 rings (SSSR count). The smallest absolute Gasteiger partial charge is 0.0670 e. The summed E-state index contributed by atoms with van der Waals surface area (Å²) >= 11 is 0. The van der Waals surface area contributed by atoms with Gasteiger partial charge in [-0.1, -0.05) is 13.8 Å². The summed E-state index contributed by atoms with van der Waals surface area (Å²) in [7, 11) is 0. The molecule has 0 amide bonds. The minimum absolute atomic E-state index is 0.0799. The lowest BCUT2D eigenvalue weighted by atomic mass is 9.98. The first-order valence-electron chi connectivity index (χ1n) is 4.12. The van der Waals surface area contributed by atoms with E-state index in [9.17, 15) is 5.11 Å². The fraction of sp³-hybridized carbons (Fsp3) is 1.00. The number of piperidine rings is 1. The second-order valence-electron chi connectivity index (χ2n) is 3.35.